The third kappa shape index (κ3) is 2.23. The first-order valence-corrected chi connectivity index (χ1v) is 5.07. The predicted molar refractivity (Wildman–Crippen MR) is 56.2 cm³/mol. The molecule has 0 saturated carbocycles. The Hall–Kier alpha value is -1.65. The number of carbonyl (C=O) groups excluding carboxylic acids is 1. The number of rotatable bonds is 2. The third-order valence-corrected chi connectivity index (χ3v) is 2.71. The Morgan fingerprint density at radius 1 is 1.60 bits per heavy atom. The minimum Gasteiger partial charge on any atom is -0.369 e. The van der Waals surface area contributed by atoms with Crippen LogP contribution >= 0.6 is 0 Å². The van der Waals surface area contributed by atoms with Gasteiger partial charge in [-0.05, 0) is 18.9 Å². The van der Waals surface area contributed by atoms with Crippen LogP contribution in [-0.4, -0.2) is 29.0 Å². The van der Waals surface area contributed by atoms with E-state index in [4.69, 9.17) is 5.73 Å². The van der Waals surface area contributed by atoms with E-state index in [1.165, 1.54) is 6.33 Å². The van der Waals surface area contributed by atoms with Crippen LogP contribution in [0.15, 0.2) is 18.6 Å². The van der Waals surface area contributed by atoms with Crippen LogP contribution in [-0.2, 0) is 4.79 Å². The summed E-state index contributed by atoms with van der Waals surface area (Å²) in [5.41, 5.74) is 5.31. The molecule has 1 aromatic heterocycles. The molecule has 15 heavy (non-hydrogen) atoms. The van der Waals surface area contributed by atoms with E-state index in [1.807, 2.05) is 6.07 Å². The van der Waals surface area contributed by atoms with Crippen molar-refractivity contribution in [3.05, 3.63) is 18.6 Å². The number of amides is 1. The van der Waals surface area contributed by atoms with E-state index in [0.717, 1.165) is 25.2 Å². The van der Waals surface area contributed by atoms with Crippen molar-refractivity contribution in [3.63, 3.8) is 0 Å². The summed E-state index contributed by atoms with van der Waals surface area (Å²) >= 11 is 0. The van der Waals surface area contributed by atoms with Crippen LogP contribution in [0.2, 0.25) is 0 Å². The van der Waals surface area contributed by atoms with Crippen LogP contribution in [0.1, 0.15) is 12.8 Å². The van der Waals surface area contributed by atoms with Gasteiger partial charge < -0.3 is 10.6 Å². The Labute approximate surface area is 88.3 Å². The summed E-state index contributed by atoms with van der Waals surface area (Å²) in [6.07, 6.45) is 5.09. The fourth-order valence-corrected chi connectivity index (χ4v) is 1.89. The Morgan fingerprint density at radius 3 is 3.13 bits per heavy atom. The molecule has 1 unspecified atom stereocenters. The predicted octanol–water partition coefficient (Wildman–Crippen LogP) is 0.178. The SMILES string of the molecule is NC(=O)C1CCCN(c2ccncn2)C1. The van der Waals surface area contributed by atoms with Crippen LogP contribution in [0.5, 0.6) is 0 Å². The highest BCUT2D eigenvalue weighted by atomic mass is 16.1. The average Bonchev–Trinajstić information content (AvgIpc) is 2.30. The normalized spacial score (nSPS) is 21.3. The van der Waals surface area contributed by atoms with E-state index >= 15 is 0 Å². The van der Waals surface area contributed by atoms with E-state index in [-0.39, 0.29) is 11.8 Å². The number of carbonyl (C=O) groups is 1. The Bertz CT molecular complexity index is 341. The molecule has 1 aliphatic heterocycles. The molecule has 0 spiro atoms. The molecule has 0 radical (unpaired) electrons. The van der Waals surface area contributed by atoms with E-state index in [2.05, 4.69) is 14.9 Å². The average molecular weight is 206 g/mol. The molecule has 1 aliphatic rings. The summed E-state index contributed by atoms with van der Waals surface area (Å²) in [5, 5.41) is 0. The van der Waals surface area contributed by atoms with Gasteiger partial charge in [0.05, 0.1) is 5.92 Å². The number of nitrogens with zero attached hydrogens (tertiary/aromatic N) is 3. The Kier molecular flexibility index (Phi) is 2.80. The van der Waals surface area contributed by atoms with Crippen LogP contribution in [0, 0.1) is 5.92 Å². The number of nitrogens with two attached hydrogens (primary N) is 1. The van der Waals surface area contributed by atoms with Gasteiger partial charge in [-0.2, -0.15) is 0 Å². The quantitative estimate of drug-likeness (QED) is 0.749. The largest absolute Gasteiger partial charge is 0.369 e. The molecule has 1 fully saturated rings. The molecule has 1 aromatic rings. The number of piperidine rings is 1. The minimum atomic E-state index is -0.214. The lowest BCUT2D eigenvalue weighted by molar-refractivity contribution is -0.122. The first-order valence-electron chi connectivity index (χ1n) is 5.07. The van der Waals surface area contributed by atoms with Crippen molar-refractivity contribution in [2.24, 2.45) is 11.7 Å². The number of anilines is 1. The van der Waals surface area contributed by atoms with Crippen LogP contribution in [0.25, 0.3) is 0 Å². The highest BCUT2D eigenvalue weighted by Gasteiger charge is 2.24. The number of primary amides is 1. The second kappa shape index (κ2) is 4.25. The molecule has 0 aromatic carbocycles. The molecule has 1 atom stereocenters. The number of hydrogen-bond donors (Lipinski definition) is 1. The maximum absolute atomic E-state index is 11.1. The van der Waals surface area contributed by atoms with E-state index < -0.39 is 0 Å². The molecule has 1 amide bonds. The van der Waals surface area contributed by atoms with Crippen molar-refractivity contribution in [1.82, 2.24) is 9.97 Å². The van der Waals surface area contributed by atoms with Gasteiger partial charge in [-0.3, -0.25) is 4.79 Å². The zero-order valence-electron chi connectivity index (χ0n) is 8.47. The molecular weight excluding hydrogens is 192 g/mol. The highest BCUT2D eigenvalue weighted by molar-refractivity contribution is 5.77. The maximum atomic E-state index is 11.1. The van der Waals surface area contributed by atoms with Gasteiger partial charge in [-0.15, -0.1) is 0 Å². The van der Waals surface area contributed by atoms with Crippen molar-refractivity contribution in [1.29, 1.82) is 0 Å². The van der Waals surface area contributed by atoms with Gasteiger partial charge in [-0.1, -0.05) is 0 Å². The summed E-state index contributed by atoms with van der Waals surface area (Å²) < 4.78 is 0. The van der Waals surface area contributed by atoms with Crippen LogP contribution in [0.3, 0.4) is 0 Å². The summed E-state index contributed by atoms with van der Waals surface area (Å²) in [4.78, 5) is 21.2. The Balaban J connectivity index is 2.08. The molecule has 80 valence electrons. The van der Waals surface area contributed by atoms with Gasteiger partial charge in [0, 0.05) is 19.3 Å². The van der Waals surface area contributed by atoms with Gasteiger partial charge in [0.1, 0.15) is 12.1 Å². The van der Waals surface area contributed by atoms with Gasteiger partial charge in [0.15, 0.2) is 0 Å². The van der Waals surface area contributed by atoms with Gasteiger partial charge >= 0.3 is 0 Å². The molecular formula is C10H14N4O. The summed E-state index contributed by atoms with van der Waals surface area (Å²) in [6.45, 7) is 1.60. The fourth-order valence-electron chi connectivity index (χ4n) is 1.89. The van der Waals surface area contributed by atoms with Gasteiger partial charge in [-0.25, -0.2) is 9.97 Å². The van der Waals surface area contributed by atoms with Crippen LogP contribution < -0.4 is 10.6 Å². The zero-order valence-corrected chi connectivity index (χ0v) is 8.47. The van der Waals surface area contributed by atoms with Gasteiger partial charge in [0.2, 0.25) is 5.91 Å². The second-order valence-electron chi connectivity index (χ2n) is 3.76. The van der Waals surface area contributed by atoms with Crippen molar-refractivity contribution < 1.29 is 4.79 Å². The second-order valence-corrected chi connectivity index (χ2v) is 3.76. The molecule has 2 N–H and O–H groups in total. The maximum Gasteiger partial charge on any atom is 0.222 e. The first kappa shape index (κ1) is 9.89. The zero-order chi connectivity index (χ0) is 10.7. The summed E-state index contributed by atoms with van der Waals surface area (Å²) in [7, 11) is 0. The molecule has 0 bridgehead atoms. The molecule has 2 heterocycles. The van der Waals surface area contributed by atoms with E-state index in [0.29, 0.717) is 6.54 Å². The van der Waals surface area contributed by atoms with E-state index in [9.17, 15) is 4.79 Å². The van der Waals surface area contributed by atoms with Crippen molar-refractivity contribution in [2.45, 2.75) is 12.8 Å². The molecule has 2 rings (SSSR count). The fraction of sp³-hybridized carbons (Fsp3) is 0.500. The lowest BCUT2D eigenvalue weighted by Gasteiger charge is -2.31. The summed E-state index contributed by atoms with van der Waals surface area (Å²) in [6, 6.07) is 1.85. The smallest absolute Gasteiger partial charge is 0.222 e. The van der Waals surface area contributed by atoms with Crippen molar-refractivity contribution >= 4 is 11.7 Å². The Morgan fingerprint density at radius 2 is 2.47 bits per heavy atom. The standard InChI is InChI=1S/C10H14N4O/c11-10(15)8-2-1-5-14(6-8)9-3-4-12-7-13-9/h3-4,7-8H,1-2,5-6H2,(H2,11,15). The lowest BCUT2D eigenvalue weighted by Crippen LogP contribution is -2.41. The summed E-state index contributed by atoms with van der Waals surface area (Å²) in [5.74, 6) is 0.610. The monoisotopic (exact) mass is 206 g/mol. The number of aromatic nitrogens is 2. The van der Waals surface area contributed by atoms with Gasteiger partial charge in [0.25, 0.3) is 0 Å². The topological polar surface area (TPSA) is 72.1 Å². The van der Waals surface area contributed by atoms with E-state index in [1.54, 1.807) is 6.20 Å². The minimum absolute atomic E-state index is 0.0475. The molecule has 0 aliphatic carbocycles. The van der Waals surface area contributed by atoms with Crippen molar-refractivity contribution in [3.8, 4) is 0 Å². The first-order chi connectivity index (χ1) is 7.27. The lowest BCUT2D eigenvalue weighted by atomic mass is 9.97. The molecule has 5 nitrogen and oxygen atoms in total. The molecule has 1 saturated heterocycles. The third-order valence-electron chi connectivity index (χ3n) is 2.71. The highest BCUT2D eigenvalue weighted by Crippen LogP contribution is 2.20. The van der Waals surface area contributed by atoms with Crippen molar-refractivity contribution in [2.75, 3.05) is 18.0 Å². The van der Waals surface area contributed by atoms with Crippen LogP contribution in [0.4, 0.5) is 5.82 Å². The number of hydrogen-bond acceptors (Lipinski definition) is 4. The molecule has 5 heteroatoms.